The lowest BCUT2D eigenvalue weighted by atomic mass is 10.0. The second-order valence-electron chi connectivity index (χ2n) is 7.14. The zero-order chi connectivity index (χ0) is 15.5. The molecule has 0 aliphatic carbocycles. The van der Waals surface area contributed by atoms with E-state index in [2.05, 4.69) is 56.8 Å². The summed E-state index contributed by atoms with van der Waals surface area (Å²) in [5, 5.41) is 0. The molecule has 4 heteroatoms. The monoisotopic (exact) mass is 331 g/mol. The van der Waals surface area contributed by atoms with Crippen molar-refractivity contribution in [3.8, 4) is 0 Å². The van der Waals surface area contributed by atoms with Gasteiger partial charge in [-0.15, -0.1) is 0 Å². The van der Waals surface area contributed by atoms with Gasteiger partial charge in [0, 0.05) is 49.7 Å². The third kappa shape index (κ3) is 3.70. The fourth-order valence-corrected chi connectivity index (χ4v) is 5.67. The summed E-state index contributed by atoms with van der Waals surface area (Å²) in [5.74, 6) is 2.76. The van der Waals surface area contributed by atoms with E-state index in [1.54, 1.807) is 0 Å². The van der Waals surface area contributed by atoms with E-state index in [9.17, 15) is 0 Å². The van der Waals surface area contributed by atoms with Crippen molar-refractivity contribution < 1.29 is 0 Å². The second kappa shape index (κ2) is 7.45. The van der Waals surface area contributed by atoms with Gasteiger partial charge in [-0.3, -0.25) is 9.80 Å². The molecular weight excluding hydrogens is 302 g/mol. The molecule has 0 radical (unpaired) electrons. The average molecular weight is 332 g/mol. The molecule has 0 N–H and O–H groups in total. The molecule has 0 amide bonds. The van der Waals surface area contributed by atoms with Crippen molar-refractivity contribution >= 4 is 17.4 Å². The molecule has 3 aliphatic rings. The summed E-state index contributed by atoms with van der Waals surface area (Å²) in [4.78, 5) is 8.08. The van der Waals surface area contributed by atoms with Crippen LogP contribution in [0.5, 0.6) is 0 Å². The Hall–Kier alpha value is -0.710. The van der Waals surface area contributed by atoms with E-state index in [-0.39, 0.29) is 0 Å². The van der Waals surface area contributed by atoms with E-state index in [4.69, 9.17) is 0 Å². The molecule has 0 aromatic heterocycles. The summed E-state index contributed by atoms with van der Waals surface area (Å²) < 4.78 is 0. The van der Waals surface area contributed by atoms with Gasteiger partial charge in [-0.1, -0.05) is 18.2 Å². The summed E-state index contributed by atoms with van der Waals surface area (Å²) in [6.07, 6.45) is 4.18. The first-order valence-corrected chi connectivity index (χ1v) is 10.4. The maximum atomic E-state index is 2.77. The van der Waals surface area contributed by atoms with Crippen LogP contribution in [0.15, 0.2) is 30.3 Å². The Morgan fingerprint density at radius 2 is 1.43 bits per heavy atom. The van der Waals surface area contributed by atoms with Gasteiger partial charge >= 0.3 is 0 Å². The molecule has 1 aromatic carbocycles. The maximum absolute atomic E-state index is 2.77. The molecule has 0 spiro atoms. The summed E-state index contributed by atoms with van der Waals surface area (Å²) >= 11 is 2.15. The van der Waals surface area contributed by atoms with E-state index >= 15 is 0 Å². The van der Waals surface area contributed by atoms with E-state index < -0.39 is 0 Å². The third-order valence-corrected chi connectivity index (χ3v) is 7.02. The fourth-order valence-electron chi connectivity index (χ4n) is 4.41. The van der Waals surface area contributed by atoms with Gasteiger partial charge in [-0.25, -0.2) is 0 Å². The van der Waals surface area contributed by atoms with Crippen LogP contribution in [0.3, 0.4) is 0 Å². The molecule has 0 saturated carbocycles. The van der Waals surface area contributed by atoms with E-state index in [1.165, 1.54) is 75.7 Å². The van der Waals surface area contributed by atoms with Crippen molar-refractivity contribution in [3.05, 3.63) is 30.3 Å². The summed E-state index contributed by atoms with van der Waals surface area (Å²) in [6.45, 7) is 7.49. The number of para-hydroxylation sites is 1. The predicted molar refractivity (Wildman–Crippen MR) is 101 cm³/mol. The van der Waals surface area contributed by atoms with Gasteiger partial charge in [0.25, 0.3) is 0 Å². The van der Waals surface area contributed by atoms with Crippen LogP contribution < -0.4 is 4.90 Å². The van der Waals surface area contributed by atoms with Crippen LogP contribution in [0.1, 0.15) is 19.3 Å². The topological polar surface area (TPSA) is 9.72 Å². The SMILES string of the molecule is c1ccc(N2CCN(C3CCN([C@@H]4CCSC4)CC3)CC2)cc1. The number of hydrogen-bond acceptors (Lipinski definition) is 4. The molecule has 3 nitrogen and oxygen atoms in total. The first-order chi connectivity index (χ1) is 11.4. The molecule has 126 valence electrons. The highest BCUT2D eigenvalue weighted by atomic mass is 32.2. The highest BCUT2D eigenvalue weighted by Gasteiger charge is 2.31. The Balaban J connectivity index is 1.25. The smallest absolute Gasteiger partial charge is 0.0367 e. The summed E-state index contributed by atoms with van der Waals surface area (Å²) in [7, 11) is 0. The van der Waals surface area contributed by atoms with Crippen LogP contribution in [0.2, 0.25) is 0 Å². The number of likely N-dealkylation sites (tertiary alicyclic amines) is 1. The maximum Gasteiger partial charge on any atom is 0.0367 e. The summed E-state index contributed by atoms with van der Waals surface area (Å²) in [6, 6.07) is 12.6. The van der Waals surface area contributed by atoms with Crippen LogP contribution in [-0.4, -0.2) is 72.7 Å². The first kappa shape index (κ1) is 15.8. The number of nitrogens with zero attached hydrogens (tertiary/aromatic N) is 3. The van der Waals surface area contributed by atoms with Crippen LogP contribution >= 0.6 is 11.8 Å². The first-order valence-electron chi connectivity index (χ1n) is 9.26. The molecule has 3 heterocycles. The molecule has 3 saturated heterocycles. The van der Waals surface area contributed by atoms with Crippen molar-refractivity contribution in [2.45, 2.75) is 31.3 Å². The predicted octanol–water partition coefficient (Wildman–Crippen LogP) is 2.78. The molecule has 0 unspecified atom stereocenters. The van der Waals surface area contributed by atoms with Crippen LogP contribution in [0, 0.1) is 0 Å². The Morgan fingerprint density at radius 1 is 0.739 bits per heavy atom. The lowest BCUT2D eigenvalue weighted by Crippen LogP contribution is -2.54. The number of piperazine rings is 1. The molecule has 0 bridgehead atoms. The van der Waals surface area contributed by atoms with Gasteiger partial charge in [-0.05, 0) is 50.2 Å². The highest BCUT2D eigenvalue weighted by Crippen LogP contribution is 2.27. The Bertz CT molecular complexity index is 473. The Kier molecular flexibility index (Phi) is 5.12. The number of rotatable bonds is 3. The minimum absolute atomic E-state index is 0.832. The van der Waals surface area contributed by atoms with E-state index in [0.717, 1.165) is 12.1 Å². The third-order valence-electron chi connectivity index (χ3n) is 5.87. The molecule has 3 aliphatic heterocycles. The minimum Gasteiger partial charge on any atom is -0.369 e. The Labute approximate surface area is 145 Å². The van der Waals surface area contributed by atoms with Crippen molar-refractivity contribution in [2.24, 2.45) is 0 Å². The number of thioether (sulfide) groups is 1. The highest BCUT2D eigenvalue weighted by molar-refractivity contribution is 7.99. The minimum atomic E-state index is 0.832. The molecular formula is C19H29N3S. The van der Waals surface area contributed by atoms with Gasteiger partial charge in [0.15, 0.2) is 0 Å². The van der Waals surface area contributed by atoms with Crippen LogP contribution in [0.4, 0.5) is 5.69 Å². The number of anilines is 1. The zero-order valence-corrected chi connectivity index (χ0v) is 14.9. The summed E-state index contributed by atoms with van der Waals surface area (Å²) in [5.41, 5.74) is 1.39. The van der Waals surface area contributed by atoms with Crippen molar-refractivity contribution in [2.75, 3.05) is 55.7 Å². The van der Waals surface area contributed by atoms with Crippen LogP contribution in [0.25, 0.3) is 0 Å². The van der Waals surface area contributed by atoms with Gasteiger partial charge < -0.3 is 4.90 Å². The second-order valence-corrected chi connectivity index (χ2v) is 8.29. The molecule has 23 heavy (non-hydrogen) atoms. The van der Waals surface area contributed by atoms with Crippen LogP contribution in [-0.2, 0) is 0 Å². The van der Waals surface area contributed by atoms with Crippen molar-refractivity contribution in [1.82, 2.24) is 9.80 Å². The van der Waals surface area contributed by atoms with Gasteiger partial charge in [0.05, 0.1) is 0 Å². The number of hydrogen-bond donors (Lipinski definition) is 0. The average Bonchev–Trinajstić information content (AvgIpc) is 3.18. The fraction of sp³-hybridized carbons (Fsp3) is 0.684. The zero-order valence-electron chi connectivity index (χ0n) is 14.1. The normalized spacial score (nSPS) is 28.3. The van der Waals surface area contributed by atoms with Gasteiger partial charge in [0.1, 0.15) is 0 Å². The molecule has 1 aromatic rings. The van der Waals surface area contributed by atoms with Crippen molar-refractivity contribution in [1.29, 1.82) is 0 Å². The molecule has 1 atom stereocenters. The molecule has 4 rings (SSSR count). The van der Waals surface area contributed by atoms with Gasteiger partial charge in [0.2, 0.25) is 0 Å². The number of benzene rings is 1. The van der Waals surface area contributed by atoms with E-state index in [0.29, 0.717) is 0 Å². The largest absolute Gasteiger partial charge is 0.369 e. The number of piperidine rings is 1. The Morgan fingerprint density at radius 3 is 2.09 bits per heavy atom. The lowest BCUT2D eigenvalue weighted by molar-refractivity contribution is 0.0858. The van der Waals surface area contributed by atoms with Gasteiger partial charge in [-0.2, -0.15) is 11.8 Å². The standard InChI is InChI=1S/C19H29N3S/c1-2-4-17(5-3-1)21-11-13-22(14-12-21)18-6-9-20(10-7-18)19-8-15-23-16-19/h1-5,18-19H,6-16H2/t19-/m1/s1. The lowest BCUT2D eigenvalue weighted by Gasteiger charge is -2.44. The van der Waals surface area contributed by atoms with E-state index in [1.807, 2.05) is 0 Å². The molecule has 3 fully saturated rings. The van der Waals surface area contributed by atoms with Crippen molar-refractivity contribution in [3.63, 3.8) is 0 Å². The quantitative estimate of drug-likeness (QED) is 0.842.